The van der Waals surface area contributed by atoms with E-state index in [1.807, 2.05) is 12.1 Å². The molecule has 0 saturated heterocycles. The molecule has 1 aliphatic rings. The summed E-state index contributed by atoms with van der Waals surface area (Å²) in [5, 5.41) is 1.28. The molecule has 3 aromatic rings. The van der Waals surface area contributed by atoms with Crippen molar-refractivity contribution < 1.29 is 4.57 Å². The highest BCUT2D eigenvalue weighted by Crippen LogP contribution is 2.27. The van der Waals surface area contributed by atoms with Crippen LogP contribution in [0.4, 0.5) is 0 Å². The van der Waals surface area contributed by atoms with Crippen LogP contribution in [0.15, 0.2) is 54.7 Å². The van der Waals surface area contributed by atoms with Crippen molar-refractivity contribution in [1.29, 1.82) is 0 Å². The van der Waals surface area contributed by atoms with E-state index in [2.05, 4.69) is 51.7 Å². The van der Waals surface area contributed by atoms with E-state index in [1.165, 1.54) is 36.3 Å². The van der Waals surface area contributed by atoms with Gasteiger partial charge in [0, 0.05) is 17.5 Å². The first-order chi connectivity index (χ1) is 12.2. The largest absolute Gasteiger partial charge is 0.257 e. The van der Waals surface area contributed by atoms with Crippen LogP contribution >= 0.6 is 23.2 Å². The molecule has 0 saturated carbocycles. The summed E-state index contributed by atoms with van der Waals surface area (Å²) in [4.78, 5) is 0. The van der Waals surface area contributed by atoms with Crippen LogP contribution in [0.3, 0.4) is 0 Å². The molecule has 0 radical (unpaired) electrons. The Bertz CT molecular complexity index is 884. The van der Waals surface area contributed by atoms with E-state index >= 15 is 0 Å². The minimum Gasteiger partial charge on any atom is -0.229 e. The van der Waals surface area contributed by atoms with E-state index in [-0.39, 0.29) is 0 Å². The zero-order valence-corrected chi connectivity index (χ0v) is 15.6. The normalized spacial score (nSPS) is 14.2. The van der Waals surface area contributed by atoms with Crippen LogP contribution in [0, 0.1) is 0 Å². The summed E-state index contributed by atoms with van der Waals surface area (Å²) in [5.74, 6) is 1.38. The molecular weight excluding hydrogens is 351 g/mol. The van der Waals surface area contributed by atoms with E-state index in [0.717, 1.165) is 25.1 Å². The monoisotopic (exact) mass is 371 g/mol. The topological polar surface area (TPSA) is 8.81 Å². The standard InChI is InChI=1S/C21H21Cl2N2/c22-18-11-7-10-17(21(18)23)14-24-15-19(16-8-3-1-4-9-16)25-13-6-2-5-12-20(24)25/h1,3-4,7-11,15H,2,5-6,12-14H2/q+1. The Labute approximate surface area is 158 Å². The molecule has 0 aliphatic carbocycles. The number of aromatic nitrogens is 2. The van der Waals surface area contributed by atoms with Gasteiger partial charge in [-0.25, -0.2) is 9.13 Å². The SMILES string of the molecule is Clc1cccc(C[n+]2cc(-c3ccccc3)n3c2CCCCC3)c1Cl. The zero-order valence-electron chi connectivity index (χ0n) is 14.1. The van der Waals surface area contributed by atoms with Gasteiger partial charge in [-0.2, -0.15) is 0 Å². The molecule has 2 aromatic carbocycles. The van der Waals surface area contributed by atoms with Gasteiger partial charge < -0.3 is 0 Å². The molecule has 2 heterocycles. The summed E-state index contributed by atoms with van der Waals surface area (Å²) in [6.45, 7) is 1.83. The van der Waals surface area contributed by atoms with E-state index in [9.17, 15) is 0 Å². The van der Waals surface area contributed by atoms with Gasteiger partial charge in [-0.05, 0) is 25.3 Å². The first kappa shape index (κ1) is 16.7. The Morgan fingerprint density at radius 1 is 0.920 bits per heavy atom. The second-order valence-electron chi connectivity index (χ2n) is 6.60. The zero-order chi connectivity index (χ0) is 17.2. The van der Waals surface area contributed by atoms with Gasteiger partial charge in [0.05, 0.1) is 16.6 Å². The summed E-state index contributed by atoms with van der Waals surface area (Å²) in [6, 6.07) is 16.5. The third kappa shape index (κ3) is 3.33. The van der Waals surface area contributed by atoms with Gasteiger partial charge in [-0.1, -0.05) is 65.7 Å². The van der Waals surface area contributed by atoms with Crippen molar-refractivity contribution in [3.63, 3.8) is 0 Å². The molecule has 128 valence electrons. The average Bonchev–Trinajstić information content (AvgIpc) is 2.81. The second-order valence-corrected chi connectivity index (χ2v) is 7.38. The van der Waals surface area contributed by atoms with Gasteiger partial charge in [0.15, 0.2) is 5.69 Å². The highest BCUT2D eigenvalue weighted by atomic mass is 35.5. The maximum Gasteiger partial charge on any atom is 0.257 e. The number of benzene rings is 2. The number of imidazole rings is 1. The smallest absolute Gasteiger partial charge is 0.229 e. The lowest BCUT2D eigenvalue weighted by Gasteiger charge is -2.05. The summed E-state index contributed by atoms with van der Waals surface area (Å²) in [7, 11) is 0. The van der Waals surface area contributed by atoms with Crippen LogP contribution in [0.25, 0.3) is 11.3 Å². The highest BCUT2D eigenvalue weighted by Gasteiger charge is 2.26. The summed E-state index contributed by atoms with van der Waals surface area (Å²) in [6.07, 6.45) is 7.13. The molecule has 0 fully saturated rings. The summed E-state index contributed by atoms with van der Waals surface area (Å²) in [5.41, 5.74) is 3.62. The van der Waals surface area contributed by atoms with E-state index in [0.29, 0.717) is 10.0 Å². The third-order valence-electron chi connectivity index (χ3n) is 4.94. The van der Waals surface area contributed by atoms with Crippen LogP contribution in [0.1, 0.15) is 30.7 Å². The maximum absolute atomic E-state index is 6.43. The summed E-state index contributed by atoms with van der Waals surface area (Å²) >= 11 is 12.6. The van der Waals surface area contributed by atoms with Crippen LogP contribution in [0.5, 0.6) is 0 Å². The Kier molecular flexibility index (Phi) is 4.82. The van der Waals surface area contributed by atoms with Gasteiger partial charge in [0.2, 0.25) is 0 Å². The van der Waals surface area contributed by atoms with Crippen molar-refractivity contribution >= 4 is 23.2 Å². The molecular formula is C21H21Cl2N2+. The number of hydrogen-bond donors (Lipinski definition) is 0. The molecule has 0 unspecified atom stereocenters. The molecule has 0 N–H and O–H groups in total. The lowest BCUT2D eigenvalue weighted by Crippen LogP contribution is -2.37. The first-order valence-corrected chi connectivity index (χ1v) is 9.60. The van der Waals surface area contributed by atoms with E-state index < -0.39 is 0 Å². The molecule has 4 rings (SSSR count). The van der Waals surface area contributed by atoms with E-state index in [1.54, 1.807) is 0 Å². The minimum atomic E-state index is 0.619. The van der Waals surface area contributed by atoms with Crippen molar-refractivity contribution in [2.75, 3.05) is 0 Å². The van der Waals surface area contributed by atoms with Crippen LogP contribution in [-0.2, 0) is 19.5 Å². The number of fused-ring (bicyclic) bond motifs is 1. The Morgan fingerprint density at radius 2 is 1.76 bits per heavy atom. The number of halogens is 2. The van der Waals surface area contributed by atoms with Crippen molar-refractivity contribution in [3.05, 3.63) is 76.2 Å². The lowest BCUT2D eigenvalue weighted by molar-refractivity contribution is -0.695. The summed E-state index contributed by atoms with van der Waals surface area (Å²) < 4.78 is 4.84. The average molecular weight is 372 g/mol. The molecule has 0 spiro atoms. The van der Waals surface area contributed by atoms with Gasteiger partial charge >= 0.3 is 0 Å². The fourth-order valence-electron chi connectivity index (χ4n) is 3.67. The first-order valence-electron chi connectivity index (χ1n) is 8.84. The van der Waals surface area contributed by atoms with Crippen molar-refractivity contribution in [2.45, 2.75) is 38.8 Å². The van der Waals surface area contributed by atoms with Gasteiger partial charge in [0.25, 0.3) is 5.82 Å². The van der Waals surface area contributed by atoms with Crippen molar-refractivity contribution in [2.24, 2.45) is 0 Å². The van der Waals surface area contributed by atoms with Gasteiger partial charge in [0.1, 0.15) is 12.7 Å². The fourth-order valence-corrected chi connectivity index (χ4v) is 4.05. The molecule has 2 nitrogen and oxygen atoms in total. The second kappa shape index (κ2) is 7.23. The van der Waals surface area contributed by atoms with E-state index in [4.69, 9.17) is 23.2 Å². The van der Waals surface area contributed by atoms with Gasteiger partial charge in [-0.15, -0.1) is 0 Å². The quantitative estimate of drug-likeness (QED) is 0.535. The molecule has 25 heavy (non-hydrogen) atoms. The molecule has 1 aromatic heterocycles. The minimum absolute atomic E-state index is 0.619. The molecule has 0 amide bonds. The lowest BCUT2D eigenvalue weighted by atomic mass is 10.1. The number of rotatable bonds is 3. The number of nitrogens with zero attached hydrogens (tertiary/aromatic N) is 2. The predicted octanol–water partition coefficient (Wildman–Crippen LogP) is 5.52. The third-order valence-corrected chi connectivity index (χ3v) is 5.79. The van der Waals surface area contributed by atoms with Crippen molar-refractivity contribution in [3.8, 4) is 11.3 Å². The predicted molar refractivity (Wildman–Crippen MR) is 103 cm³/mol. The maximum atomic E-state index is 6.43. The Morgan fingerprint density at radius 3 is 2.60 bits per heavy atom. The fraction of sp³-hybridized carbons (Fsp3) is 0.286. The van der Waals surface area contributed by atoms with Crippen LogP contribution < -0.4 is 4.57 Å². The molecule has 0 bridgehead atoms. The van der Waals surface area contributed by atoms with Crippen molar-refractivity contribution in [1.82, 2.24) is 4.57 Å². The highest BCUT2D eigenvalue weighted by molar-refractivity contribution is 6.42. The number of hydrogen-bond acceptors (Lipinski definition) is 0. The molecule has 1 aliphatic heterocycles. The molecule has 4 heteroatoms. The van der Waals surface area contributed by atoms with Gasteiger partial charge in [-0.3, -0.25) is 0 Å². The Hall–Kier alpha value is -1.77. The van der Waals surface area contributed by atoms with Crippen LogP contribution in [0.2, 0.25) is 10.0 Å². The van der Waals surface area contributed by atoms with Crippen LogP contribution in [-0.4, -0.2) is 4.57 Å². The molecule has 0 atom stereocenters. The Balaban J connectivity index is 1.80.